The summed E-state index contributed by atoms with van der Waals surface area (Å²) in [4.78, 5) is 32.4. The summed E-state index contributed by atoms with van der Waals surface area (Å²) in [6, 6.07) is 18.4. The van der Waals surface area contributed by atoms with E-state index in [9.17, 15) is 9.59 Å². The van der Waals surface area contributed by atoms with Crippen LogP contribution in [0.2, 0.25) is 0 Å². The monoisotopic (exact) mass is 774 g/mol. The Hall–Kier alpha value is -3.42. The minimum absolute atomic E-state index is 0.199. The number of carbonyl (C=O) groups is 1. The Balaban J connectivity index is 1.60. The Labute approximate surface area is 274 Å². The van der Waals surface area contributed by atoms with Crippen LogP contribution in [-0.4, -0.2) is 31.4 Å². The van der Waals surface area contributed by atoms with Gasteiger partial charge in [-0.15, -0.1) is 0 Å². The maximum atomic E-state index is 14.0. The minimum atomic E-state index is -0.733. The van der Waals surface area contributed by atoms with Gasteiger partial charge in [0, 0.05) is 0 Å². The highest BCUT2D eigenvalue weighted by Gasteiger charge is 2.33. The molecule has 0 saturated heterocycles. The number of rotatable bonds is 9. The lowest BCUT2D eigenvalue weighted by molar-refractivity contribution is -0.139. The van der Waals surface area contributed by atoms with Gasteiger partial charge < -0.3 is 18.9 Å². The van der Waals surface area contributed by atoms with Gasteiger partial charge in [-0.3, -0.25) is 9.36 Å². The van der Waals surface area contributed by atoms with Gasteiger partial charge in [0.25, 0.3) is 5.56 Å². The van der Waals surface area contributed by atoms with E-state index >= 15 is 0 Å². The van der Waals surface area contributed by atoms with Crippen molar-refractivity contribution < 1.29 is 23.7 Å². The molecule has 0 saturated carbocycles. The lowest BCUT2D eigenvalue weighted by atomic mass is 9.96. The number of hydrogen-bond acceptors (Lipinski definition) is 8. The summed E-state index contributed by atoms with van der Waals surface area (Å²) >= 11 is 7.01. The second-order valence-electron chi connectivity index (χ2n) is 9.50. The molecule has 8 nitrogen and oxygen atoms in total. The molecule has 0 fully saturated rings. The Bertz CT molecular complexity index is 1900. The molecule has 4 aromatic rings. The van der Waals surface area contributed by atoms with E-state index < -0.39 is 12.0 Å². The lowest BCUT2D eigenvalue weighted by Gasteiger charge is -2.25. The molecule has 0 aliphatic carbocycles. The first-order chi connectivity index (χ1) is 20.7. The molecule has 0 radical (unpaired) electrons. The van der Waals surface area contributed by atoms with Crippen molar-refractivity contribution in [3.05, 3.63) is 116 Å². The first-order valence-corrected chi connectivity index (χ1v) is 16.0. The summed E-state index contributed by atoms with van der Waals surface area (Å²) in [5.41, 5.74) is 3.07. The topological polar surface area (TPSA) is 88.4 Å². The molecular formula is C32H28BrIN2O6S. The third-order valence-electron chi connectivity index (χ3n) is 6.78. The number of hydrogen-bond donors (Lipinski definition) is 0. The zero-order valence-electron chi connectivity index (χ0n) is 23.9. The Morgan fingerprint density at radius 3 is 2.51 bits per heavy atom. The van der Waals surface area contributed by atoms with Gasteiger partial charge in [0.1, 0.15) is 12.4 Å². The molecule has 0 N–H and O–H groups in total. The van der Waals surface area contributed by atoms with E-state index in [1.807, 2.05) is 54.6 Å². The molecule has 0 bridgehead atoms. The third-order valence-corrected chi connectivity index (χ3v) is 9.19. The van der Waals surface area contributed by atoms with E-state index in [4.69, 9.17) is 18.9 Å². The van der Waals surface area contributed by atoms with Crippen LogP contribution < -0.4 is 29.1 Å². The zero-order chi connectivity index (χ0) is 30.7. The Morgan fingerprint density at radius 2 is 1.84 bits per heavy atom. The van der Waals surface area contributed by atoms with Crippen LogP contribution in [0.5, 0.6) is 17.2 Å². The number of nitrogens with zero attached hydrogens (tertiary/aromatic N) is 2. The van der Waals surface area contributed by atoms with E-state index in [0.717, 1.165) is 14.7 Å². The summed E-state index contributed by atoms with van der Waals surface area (Å²) in [6.07, 6.45) is 1.81. The van der Waals surface area contributed by atoms with Crippen molar-refractivity contribution in [3.63, 3.8) is 0 Å². The second-order valence-corrected chi connectivity index (χ2v) is 12.5. The van der Waals surface area contributed by atoms with Gasteiger partial charge in [-0.1, -0.05) is 47.7 Å². The van der Waals surface area contributed by atoms with Crippen molar-refractivity contribution in [3.8, 4) is 17.2 Å². The second kappa shape index (κ2) is 13.5. The van der Waals surface area contributed by atoms with Crippen LogP contribution in [0, 0.1) is 3.57 Å². The molecule has 0 amide bonds. The minimum Gasteiger partial charge on any atom is -0.496 e. The van der Waals surface area contributed by atoms with Crippen LogP contribution in [0.25, 0.3) is 6.08 Å². The largest absolute Gasteiger partial charge is 0.496 e. The van der Waals surface area contributed by atoms with Gasteiger partial charge >= 0.3 is 5.97 Å². The highest BCUT2D eigenvalue weighted by molar-refractivity contribution is 14.1. The predicted molar refractivity (Wildman–Crippen MR) is 178 cm³/mol. The van der Waals surface area contributed by atoms with Gasteiger partial charge in [-0.05, 0) is 99.4 Å². The number of allylic oxidation sites excluding steroid dienone is 1. The summed E-state index contributed by atoms with van der Waals surface area (Å²) < 4.78 is 26.1. The molecular weight excluding hydrogens is 747 g/mol. The molecule has 1 aromatic heterocycles. The van der Waals surface area contributed by atoms with Crippen molar-refractivity contribution in [2.45, 2.75) is 26.5 Å². The van der Waals surface area contributed by atoms with Crippen LogP contribution in [0.4, 0.5) is 0 Å². The molecule has 3 aromatic carbocycles. The number of halogens is 2. The fraction of sp³-hybridized carbons (Fsp3) is 0.219. The van der Waals surface area contributed by atoms with Gasteiger partial charge in [-0.25, -0.2) is 9.79 Å². The molecule has 5 rings (SSSR count). The number of esters is 1. The molecule has 1 unspecified atom stereocenters. The molecule has 43 heavy (non-hydrogen) atoms. The molecule has 1 atom stereocenters. The summed E-state index contributed by atoms with van der Waals surface area (Å²) in [6.45, 7) is 4.10. The molecule has 1 aliphatic rings. The van der Waals surface area contributed by atoms with E-state index in [2.05, 4.69) is 43.5 Å². The van der Waals surface area contributed by atoms with E-state index in [0.29, 0.717) is 54.5 Å². The molecule has 2 heterocycles. The number of aromatic nitrogens is 1. The maximum absolute atomic E-state index is 14.0. The Kier molecular flexibility index (Phi) is 9.72. The molecule has 222 valence electrons. The number of carbonyl (C=O) groups excluding carboxylic acids is 1. The number of thiazole rings is 1. The fourth-order valence-electron chi connectivity index (χ4n) is 4.80. The van der Waals surface area contributed by atoms with Crippen molar-refractivity contribution >= 4 is 61.9 Å². The first kappa shape index (κ1) is 31.0. The standard InChI is InChI=1S/C32H28BrIN2O6S/c1-5-41-31(38)27-18(2)35-32-36(28(27)21-11-12-24(39-3)22(33)16-21)30(37)26(43-32)15-20-13-23(34)29(25(14-20)40-4)42-17-19-9-7-6-8-10-19/h6-16,28H,5,17H2,1-4H3/b26-15-. The van der Waals surface area contributed by atoms with Crippen LogP contribution in [-0.2, 0) is 16.1 Å². The number of methoxy groups -OCH3 is 2. The van der Waals surface area contributed by atoms with Gasteiger partial charge in [0.05, 0.1) is 50.7 Å². The summed E-state index contributed by atoms with van der Waals surface area (Å²) in [7, 11) is 3.17. The fourth-order valence-corrected chi connectivity index (χ4v) is 7.19. The highest BCUT2D eigenvalue weighted by atomic mass is 127. The molecule has 1 aliphatic heterocycles. The van der Waals surface area contributed by atoms with Crippen molar-refractivity contribution in [1.29, 1.82) is 0 Å². The summed E-state index contributed by atoms with van der Waals surface area (Å²) in [5, 5.41) is 0. The highest BCUT2D eigenvalue weighted by Crippen LogP contribution is 2.36. The maximum Gasteiger partial charge on any atom is 0.338 e. The first-order valence-electron chi connectivity index (χ1n) is 13.3. The SMILES string of the molecule is CCOC(=O)C1=C(C)N=c2s/c(=C\c3cc(I)c(OCc4ccccc4)c(OC)c3)c(=O)n2C1c1ccc(OC)c(Br)c1. The van der Waals surface area contributed by atoms with Crippen molar-refractivity contribution in [2.75, 3.05) is 20.8 Å². The van der Waals surface area contributed by atoms with Crippen LogP contribution in [0.1, 0.15) is 36.6 Å². The number of fused-ring (bicyclic) bond motifs is 1. The number of benzene rings is 3. The van der Waals surface area contributed by atoms with E-state index in [1.54, 1.807) is 44.8 Å². The van der Waals surface area contributed by atoms with Crippen molar-refractivity contribution in [2.24, 2.45) is 4.99 Å². The van der Waals surface area contributed by atoms with Gasteiger partial charge in [0.15, 0.2) is 16.3 Å². The van der Waals surface area contributed by atoms with Crippen LogP contribution in [0.15, 0.2) is 86.2 Å². The third kappa shape index (κ3) is 6.43. The van der Waals surface area contributed by atoms with Gasteiger partial charge in [0.2, 0.25) is 0 Å². The summed E-state index contributed by atoms with van der Waals surface area (Å²) in [5.74, 6) is 1.31. The van der Waals surface area contributed by atoms with Gasteiger partial charge in [-0.2, -0.15) is 0 Å². The average molecular weight is 775 g/mol. The zero-order valence-corrected chi connectivity index (χ0v) is 28.4. The number of ether oxygens (including phenoxy) is 4. The smallest absolute Gasteiger partial charge is 0.338 e. The lowest BCUT2D eigenvalue weighted by Crippen LogP contribution is -2.40. The predicted octanol–water partition coefficient (Wildman–Crippen LogP) is 5.76. The van der Waals surface area contributed by atoms with Crippen LogP contribution in [0.3, 0.4) is 0 Å². The quantitative estimate of drug-likeness (QED) is 0.159. The van der Waals surface area contributed by atoms with Crippen LogP contribution >= 0.6 is 49.9 Å². The molecule has 11 heteroatoms. The average Bonchev–Trinajstić information content (AvgIpc) is 3.29. The van der Waals surface area contributed by atoms with Crippen molar-refractivity contribution in [1.82, 2.24) is 4.57 Å². The Morgan fingerprint density at radius 1 is 1.09 bits per heavy atom. The van der Waals surface area contributed by atoms with E-state index in [1.165, 1.54) is 11.3 Å². The molecule has 0 spiro atoms. The normalized spacial score (nSPS) is 14.7. The van der Waals surface area contributed by atoms with E-state index in [-0.39, 0.29) is 12.2 Å².